The Bertz CT molecular complexity index is 716. The molecule has 1 heterocycles. The van der Waals surface area contributed by atoms with Gasteiger partial charge in [-0.05, 0) is 70.4 Å². The summed E-state index contributed by atoms with van der Waals surface area (Å²) in [4.78, 5) is 0. The minimum atomic E-state index is 0.937. The molecule has 0 N–H and O–H groups in total. The molecule has 0 aliphatic heterocycles. The molecule has 0 radical (unpaired) electrons. The zero-order valence-corrected chi connectivity index (χ0v) is 13.6. The first kappa shape index (κ1) is 15.2. The van der Waals surface area contributed by atoms with Gasteiger partial charge in [0.25, 0.3) is 0 Å². The quantitative estimate of drug-likeness (QED) is 0.702. The Morgan fingerprint density at radius 2 is 1.81 bits per heavy atom. The van der Waals surface area contributed by atoms with E-state index < -0.39 is 0 Å². The van der Waals surface area contributed by atoms with E-state index in [1.54, 1.807) is 0 Å². The standard InChI is InChI=1S/C20H23N/c1-6-7-15(2)8-11-19-14-17(4)21(18(19)5)20-12-9-16(3)10-13-20/h8-10,12-14H,11H2,1-5H3/b15-8-. The van der Waals surface area contributed by atoms with Crippen LogP contribution in [0.1, 0.15) is 36.4 Å². The lowest BCUT2D eigenvalue weighted by Crippen LogP contribution is -1.99. The highest BCUT2D eigenvalue weighted by Gasteiger charge is 2.09. The monoisotopic (exact) mass is 277 g/mol. The highest BCUT2D eigenvalue weighted by Crippen LogP contribution is 2.22. The fraction of sp³-hybridized carbons (Fsp3) is 0.300. The van der Waals surface area contributed by atoms with E-state index in [4.69, 9.17) is 0 Å². The summed E-state index contributed by atoms with van der Waals surface area (Å²) >= 11 is 0. The first-order valence-corrected chi connectivity index (χ1v) is 7.37. The molecule has 1 nitrogen and oxygen atoms in total. The molecule has 0 aliphatic carbocycles. The van der Waals surface area contributed by atoms with Gasteiger partial charge in [0.2, 0.25) is 0 Å². The molecule has 0 amide bonds. The van der Waals surface area contributed by atoms with Gasteiger partial charge >= 0.3 is 0 Å². The van der Waals surface area contributed by atoms with E-state index in [0.717, 1.165) is 12.0 Å². The van der Waals surface area contributed by atoms with Gasteiger partial charge in [-0.1, -0.05) is 29.7 Å². The van der Waals surface area contributed by atoms with Crippen molar-refractivity contribution in [3.8, 4) is 17.5 Å². The largest absolute Gasteiger partial charge is 0.318 e. The maximum Gasteiger partial charge on any atom is 0.0455 e. The highest BCUT2D eigenvalue weighted by molar-refractivity contribution is 5.43. The van der Waals surface area contributed by atoms with Crippen LogP contribution in [-0.2, 0) is 6.42 Å². The molecule has 1 aromatic carbocycles. The third-order valence-corrected chi connectivity index (χ3v) is 3.78. The summed E-state index contributed by atoms with van der Waals surface area (Å²) in [5, 5.41) is 0. The second-order valence-electron chi connectivity index (χ2n) is 5.53. The van der Waals surface area contributed by atoms with Crippen LogP contribution in [0, 0.1) is 32.6 Å². The normalized spacial score (nSPS) is 11.2. The lowest BCUT2D eigenvalue weighted by Gasteiger charge is -2.10. The molecule has 0 fully saturated rings. The number of aryl methyl sites for hydroxylation is 2. The molecule has 0 unspecified atom stereocenters. The minimum absolute atomic E-state index is 0.937. The van der Waals surface area contributed by atoms with Gasteiger partial charge in [-0.15, -0.1) is 5.92 Å². The fourth-order valence-corrected chi connectivity index (χ4v) is 2.64. The average Bonchev–Trinajstić information content (AvgIpc) is 2.73. The van der Waals surface area contributed by atoms with Crippen LogP contribution in [0.4, 0.5) is 0 Å². The van der Waals surface area contributed by atoms with Crippen molar-refractivity contribution in [3.05, 3.63) is 64.5 Å². The Morgan fingerprint density at radius 1 is 1.14 bits per heavy atom. The number of benzene rings is 1. The fourth-order valence-electron chi connectivity index (χ4n) is 2.64. The summed E-state index contributed by atoms with van der Waals surface area (Å²) in [6.45, 7) is 10.4. The summed E-state index contributed by atoms with van der Waals surface area (Å²) in [6, 6.07) is 11.0. The van der Waals surface area contributed by atoms with Gasteiger partial charge in [-0.25, -0.2) is 0 Å². The summed E-state index contributed by atoms with van der Waals surface area (Å²) in [7, 11) is 0. The zero-order valence-electron chi connectivity index (χ0n) is 13.6. The first-order chi connectivity index (χ1) is 10.0. The SMILES string of the molecule is CC#C/C(C)=C\Cc1cc(C)n(-c2ccc(C)cc2)c1C. The van der Waals surface area contributed by atoms with Gasteiger partial charge in [0.15, 0.2) is 0 Å². The average molecular weight is 277 g/mol. The van der Waals surface area contributed by atoms with Gasteiger partial charge < -0.3 is 4.57 Å². The lowest BCUT2D eigenvalue weighted by atomic mass is 10.1. The van der Waals surface area contributed by atoms with Crippen molar-refractivity contribution in [2.24, 2.45) is 0 Å². The molecule has 108 valence electrons. The maximum absolute atomic E-state index is 3.10. The van der Waals surface area contributed by atoms with E-state index in [9.17, 15) is 0 Å². The second kappa shape index (κ2) is 6.50. The number of allylic oxidation sites excluding steroid dienone is 2. The van der Waals surface area contributed by atoms with Gasteiger partial charge in [0.05, 0.1) is 0 Å². The molecule has 0 spiro atoms. The van der Waals surface area contributed by atoms with Crippen LogP contribution < -0.4 is 0 Å². The van der Waals surface area contributed by atoms with E-state index in [1.807, 2.05) is 6.92 Å². The number of hydrogen-bond acceptors (Lipinski definition) is 0. The molecular formula is C20H23N. The van der Waals surface area contributed by atoms with Crippen molar-refractivity contribution >= 4 is 0 Å². The molecule has 2 rings (SSSR count). The molecule has 0 bridgehead atoms. The van der Waals surface area contributed by atoms with E-state index in [0.29, 0.717) is 0 Å². The third kappa shape index (κ3) is 3.47. The smallest absolute Gasteiger partial charge is 0.0455 e. The summed E-state index contributed by atoms with van der Waals surface area (Å²) in [5.41, 5.74) is 7.61. The predicted molar refractivity (Wildman–Crippen MR) is 90.9 cm³/mol. The van der Waals surface area contributed by atoms with Crippen molar-refractivity contribution in [1.82, 2.24) is 4.57 Å². The van der Waals surface area contributed by atoms with E-state index in [2.05, 4.69) is 80.5 Å². The van der Waals surface area contributed by atoms with Crippen molar-refractivity contribution < 1.29 is 0 Å². The molecule has 2 aromatic rings. The Labute approximate surface area is 128 Å². The molecule has 0 saturated carbocycles. The van der Waals surface area contributed by atoms with Gasteiger partial charge in [0.1, 0.15) is 0 Å². The van der Waals surface area contributed by atoms with Crippen molar-refractivity contribution in [2.45, 2.75) is 41.0 Å². The van der Waals surface area contributed by atoms with Crippen molar-refractivity contribution in [2.75, 3.05) is 0 Å². The van der Waals surface area contributed by atoms with E-state index in [1.165, 1.54) is 28.2 Å². The Balaban J connectivity index is 2.35. The topological polar surface area (TPSA) is 4.93 Å². The maximum atomic E-state index is 3.10. The van der Waals surface area contributed by atoms with Crippen LogP contribution in [0.5, 0.6) is 0 Å². The number of aromatic nitrogens is 1. The second-order valence-corrected chi connectivity index (χ2v) is 5.53. The molecule has 21 heavy (non-hydrogen) atoms. The molecule has 1 aromatic heterocycles. The number of hydrogen-bond donors (Lipinski definition) is 0. The minimum Gasteiger partial charge on any atom is -0.318 e. The van der Waals surface area contributed by atoms with Crippen LogP contribution >= 0.6 is 0 Å². The number of nitrogens with zero attached hydrogens (tertiary/aromatic N) is 1. The van der Waals surface area contributed by atoms with E-state index >= 15 is 0 Å². The van der Waals surface area contributed by atoms with Crippen LogP contribution in [0.25, 0.3) is 5.69 Å². The summed E-state index contributed by atoms with van der Waals surface area (Å²) in [6.07, 6.45) is 3.14. The van der Waals surface area contributed by atoms with Crippen molar-refractivity contribution in [1.29, 1.82) is 0 Å². The molecule has 0 aliphatic rings. The highest BCUT2D eigenvalue weighted by atomic mass is 15.0. The Kier molecular flexibility index (Phi) is 4.70. The first-order valence-electron chi connectivity index (χ1n) is 7.37. The summed E-state index contributed by atoms with van der Waals surface area (Å²) < 4.78 is 2.32. The molecule has 1 heteroatoms. The van der Waals surface area contributed by atoms with Crippen LogP contribution in [0.3, 0.4) is 0 Å². The van der Waals surface area contributed by atoms with Gasteiger partial charge in [-0.3, -0.25) is 0 Å². The number of rotatable bonds is 3. The molecule has 0 saturated heterocycles. The zero-order chi connectivity index (χ0) is 15.4. The van der Waals surface area contributed by atoms with Crippen LogP contribution in [0.15, 0.2) is 42.0 Å². The van der Waals surface area contributed by atoms with E-state index in [-0.39, 0.29) is 0 Å². The predicted octanol–water partition coefficient (Wildman–Crippen LogP) is 4.91. The Morgan fingerprint density at radius 3 is 2.43 bits per heavy atom. The third-order valence-electron chi connectivity index (χ3n) is 3.78. The lowest BCUT2D eigenvalue weighted by molar-refractivity contribution is 0.954. The van der Waals surface area contributed by atoms with Gasteiger partial charge in [0, 0.05) is 17.1 Å². The van der Waals surface area contributed by atoms with Crippen LogP contribution in [-0.4, -0.2) is 4.57 Å². The van der Waals surface area contributed by atoms with Gasteiger partial charge in [-0.2, -0.15) is 0 Å². The van der Waals surface area contributed by atoms with Crippen LogP contribution in [0.2, 0.25) is 0 Å². The Hall–Kier alpha value is -2.20. The molecule has 0 atom stereocenters. The molecular weight excluding hydrogens is 254 g/mol. The summed E-state index contributed by atoms with van der Waals surface area (Å²) in [5.74, 6) is 6.04. The van der Waals surface area contributed by atoms with Crippen molar-refractivity contribution in [3.63, 3.8) is 0 Å².